The topological polar surface area (TPSA) is 41.1 Å². The van der Waals surface area contributed by atoms with E-state index >= 15 is 0 Å². The maximum absolute atomic E-state index is 4.74. The molecule has 17 heavy (non-hydrogen) atoms. The summed E-state index contributed by atoms with van der Waals surface area (Å²) in [6, 6.07) is 0. The molecule has 1 aliphatic carbocycles. The zero-order chi connectivity index (χ0) is 12.3. The van der Waals surface area contributed by atoms with E-state index in [4.69, 9.17) is 4.98 Å². The van der Waals surface area contributed by atoms with Gasteiger partial charge in [-0.05, 0) is 39.5 Å². The van der Waals surface area contributed by atoms with Gasteiger partial charge in [0.25, 0.3) is 0 Å². The van der Waals surface area contributed by atoms with Gasteiger partial charge < -0.3 is 10.2 Å². The lowest BCUT2D eigenvalue weighted by Gasteiger charge is -2.23. The van der Waals surface area contributed by atoms with Gasteiger partial charge in [-0.25, -0.2) is 4.98 Å². The van der Waals surface area contributed by atoms with Crippen molar-refractivity contribution in [2.45, 2.75) is 39.5 Å². The van der Waals surface area contributed by atoms with Crippen molar-refractivity contribution >= 4 is 11.8 Å². The van der Waals surface area contributed by atoms with Crippen LogP contribution in [0.15, 0.2) is 0 Å². The molecule has 1 aromatic rings. The Hall–Kier alpha value is -1.32. The Morgan fingerprint density at radius 1 is 1.12 bits per heavy atom. The number of rotatable bonds is 4. The van der Waals surface area contributed by atoms with Crippen LogP contribution in [0.5, 0.6) is 0 Å². The standard InChI is InChI=1S/C13H22N4/c1-4-17(5-2)13-15-11-9-7-6-8-10(11)12(14-3)16-13/h4-9H2,1-3H3,(H,14,15,16). The molecule has 4 nitrogen and oxygen atoms in total. The van der Waals surface area contributed by atoms with Gasteiger partial charge in [-0.3, -0.25) is 0 Å². The first kappa shape index (κ1) is 12.1. The molecule has 1 aromatic heterocycles. The summed E-state index contributed by atoms with van der Waals surface area (Å²) < 4.78 is 0. The Morgan fingerprint density at radius 3 is 2.47 bits per heavy atom. The minimum atomic E-state index is 0.875. The summed E-state index contributed by atoms with van der Waals surface area (Å²) in [7, 11) is 1.95. The predicted octanol–water partition coefficient (Wildman–Crippen LogP) is 2.24. The first-order chi connectivity index (χ1) is 8.30. The van der Waals surface area contributed by atoms with Crippen LogP contribution in [0, 0.1) is 0 Å². The number of fused-ring (bicyclic) bond motifs is 1. The van der Waals surface area contributed by atoms with Crippen LogP contribution in [0.1, 0.15) is 37.9 Å². The molecule has 0 unspecified atom stereocenters. The number of nitrogens with one attached hydrogen (secondary N) is 1. The van der Waals surface area contributed by atoms with Crippen LogP contribution in [0.25, 0.3) is 0 Å². The van der Waals surface area contributed by atoms with Gasteiger partial charge in [0.1, 0.15) is 5.82 Å². The third kappa shape index (κ3) is 2.35. The fourth-order valence-corrected chi connectivity index (χ4v) is 2.44. The van der Waals surface area contributed by atoms with Crippen LogP contribution in [-0.2, 0) is 12.8 Å². The summed E-state index contributed by atoms with van der Waals surface area (Å²) >= 11 is 0. The molecule has 4 heteroatoms. The second-order valence-corrected chi connectivity index (χ2v) is 4.43. The van der Waals surface area contributed by atoms with Crippen molar-refractivity contribution in [1.82, 2.24) is 9.97 Å². The lowest BCUT2D eigenvalue weighted by molar-refractivity contribution is 0.659. The summed E-state index contributed by atoms with van der Waals surface area (Å²) in [5, 5.41) is 3.22. The second-order valence-electron chi connectivity index (χ2n) is 4.43. The number of aryl methyl sites for hydroxylation is 1. The van der Waals surface area contributed by atoms with Crippen LogP contribution >= 0.6 is 0 Å². The smallest absolute Gasteiger partial charge is 0.227 e. The zero-order valence-corrected chi connectivity index (χ0v) is 11.1. The van der Waals surface area contributed by atoms with Crippen molar-refractivity contribution in [3.05, 3.63) is 11.3 Å². The van der Waals surface area contributed by atoms with E-state index in [1.807, 2.05) is 7.05 Å². The van der Waals surface area contributed by atoms with E-state index < -0.39 is 0 Å². The van der Waals surface area contributed by atoms with E-state index in [9.17, 15) is 0 Å². The number of aromatic nitrogens is 2. The third-order valence-electron chi connectivity index (χ3n) is 3.45. The molecule has 0 amide bonds. The summed E-state index contributed by atoms with van der Waals surface area (Å²) in [6.45, 7) is 6.20. The molecule has 0 fully saturated rings. The molecular weight excluding hydrogens is 212 g/mol. The average molecular weight is 234 g/mol. The molecule has 0 radical (unpaired) electrons. The molecule has 1 aliphatic rings. The number of anilines is 2. The van der Waals surface area contributed by atoms with E-state index in [0.29, 0.717) is 0 Å². The van der Waals surface area contributed by atoms with Gasteiger partial charge in [-0.15, -0.1) is 0 Å². The lowest BCUT2D eigenvalue weighted by atomic mass is 9.96. The van der Waals surface area contributed by atoms with Crippen molar-refractivity contribution in [1.29, 1.82) is 0 Å². The minimum absolute atomic E-state index is 0.875. The highest BCUT2D eigenvalue weighted by Gasteiger charge is 2.18. The average Bonchev–Trinajstić information content (AvgIpc) is 2.39. The molecule has 1 N–H and O–H groups in total. The van der Waals surface area contributed by atoms with E-state index in [2.05, 4.69) is 29.0 Å². The molecule has 94 valence electrons. The monoisotopic (exact) mass is 234 g/mol. The van der Waals surface area contributed by atoms with Crippen molar-refractivity contribution in [3.8, 4) is 0 Å². The summed E-state index contributed by atoms with van der Waals surface area (Å²) in [5.74, 6) is 1.90. The van der Waals surface area contributed by atoms with E-state index in [0.717, 1.165) is 37.7 Å². The van der Waals surface area contributed by atoms with Crippen LogP contribution in [0.3, 0.4) is 0 Å². The Kier molecular flexibility index (Phi) is 3.82. The van der Waals surface area contributed by atoms with Gasteiger partial charge in [0, 0.05) is 25.7 Å². The first-order valence-electron chi connectivity index (χ1n) is 6.62. The van der Waals surface area contributed by atoms with Gasteiger partial charge in [-0.1, -0.05) is 0 Å². The van der Waals surface area contributed by atoms with Crippen LogP contribution < -0.4 is 10.2 Å². The normalized spacial score (nSPS) is 14.3. The summed E-state index contributed by atoms with van der Waals surface area (Å²) in [6.07, 6.45) is 4.73. The number of nitrogens with zero attached hydrogens (tertiary/aromatic N) is 3. The van der Waals surface area contributed by atoms with Crippen molar-refractivity contribution in [2.24, 2.45) is 0 Å². The van der Waals surface area contributed by atoms with Gasteiger partial charge in [0.2, 0.25) is 5.95 Å². The van der Waals surface area contributed by atoms with Gasteiger partial charge in [-0.2, -0.15) is 4.98 Å². The fourth-order valence-electron chi connectivity index (χ4n) is 2.44. The van der Waals surface area contributed by atoms with E-state index in [-0.39, 0.29) is 0 Å². The SMILES string of the molecule is CCN(CC)c1nc2c(c(NC)n1)CCCC2. The van der Waals surface area contributed by atoms with Gasteiger partial charge in [0.05, 0.1) is 5.69 Å². The van der Waals surface area contributed by atoms with Crippen molar-refractivity contribution < 1.29 is 0 Å². The van der Waals surface area contributed by atoms with E-state index in [1.54, 1.807) is 0 Å². The van der Waals surface area contributed by atoms with Crippen LogP contribution in [0.2, 0.25) is 0 Å². The Balaban J connectivity index is 2.42. The maximum Gasteiger partial charge on any atom is 0.227 e. The van der Waals surface area contributed by atoms with Crippen LogP contribution in [0.4, 0.5) is 11.8 Å². The summed E-state index contributed by atoms with van der Waals surface area (Å²) in [5.41, 5.74) is 2.58. The van der Waals surface area contributed by atoms with Crippen LogP contribution in [-0.4, -0.2) is 30.1 Å². The molecule has 0 aliphatic heterocycles. The molecule has 0 bridgehead atoms. The van der Waals surface area contributed by atoms with Crippen molar-refractivity contribution in [3.63, 3.8) is 0 Å². The van der Waals surface area contributed by atoms with Gasteiger partial charge >= 0.3 is 0 Å². The lowest BCUT2D eigenvalue weighted by Crippen LogP contribution is -2.26. The maximum atomic E-state index is 4.74. The molecule has 0 saturated heterocycles. The third-order valence-corrected chi connectivity index (χ3v) is 3.45. The molecule has 1 heterocycles. The Morgan fingerprint density at radius 2 is 1.82 bits per heavy atom. The minimum Gasteiger partial charge on any atom is -0.373 e. The predicted molar refractivity (Wildman–Crippen MR) is 71.8 cm³/mol. The molecule has 0 spiro atoms. The number of hydrogen-bond donors (Lipinski definition) is 1. The first-order valence-corrected chi connectivity index (χ1v) is 6.62. The quantitative estimate of drug-likeness (QED) is 0.867. The molecule has 0 aromatic carbocycles. The Bertz CT molecular complexity index is 368. The second kappa shape index (κ2) is 5.34. The highest BCUT2D eigenvalue weighted by Crippen LogP contribution is 2.27. The summed E-state index contributed by atoms with van der Waals surface area (Å²) in [4.78, 5) is 11.6. The zero-order valence-electron chi connectivity index (χ0n) is 11.1. The van der Waals surface area contributed by atoms with Crippen molar-refractivity contribution in [2.75, 3.05) is 30.4 Å². The van der Waals surface area contributed by atoms with E-state index in [1.165, 1.54) is 24.1 Å². The van der Waals surface area contributed by atoms with Gasteiger partial charge in [0.15, 0.2) is 0 Å². The fraction of sp³-hybridized carbons (Fsp3) is 0.692. The highest BCUT2D eigenvalue weighted by molar-refractivity contribution is 5.51. The number of hydrogen-bond acceptors (Lipinski definition) is 4. The highest BCUT2D eigenvalue weighted by atomic mass is 15.3. The Labute approximate surface area is 103 Å². The largest absolute Gasteiger partial charge is 0.373 e. The molecule has 0 saturated carbocycles. The molecule has 2 rings (SSSR count). The molecular formula is C13H22N4. The molecule has 0 atom stereocenters.